The molecule has 210 valence electrons. The van der Waals surface area contributed by atoms with Crippen molar-refractivity contribution >= 4 is 0 Å². The van der Waals surface area contributed by atoms with Crippen molar-refractivity contribution in [1.82, 2.24) is 30.6 Å². The predicted octanol–water partition coefficient (Wildman–Crippen LogP) is 6.28. The van der Waals surface area contributed by atoms with Gasteiger partial charge in [0.2, 0.25) is 5.88 Å². The van der Waals surface area contributed by atoms with Crippen molar-refractivity contribution in [3.63, 3.8) is 0 Å². The number of aliphatic hydroxyl groups excluding tert-OH is 1. The highest BCUT2D eigenvalue weighted by molar-refractivity contribution is 5.80. The molecule has 8 heteroatoms. The minimum atomic E-state index is 0.0151. The van der Waals surface area contributed by atoms with Crippen LogP contribution in [0.5, 0.6) is 5.88 Å². The second-order valence-electron chi connectivity index (χ2n) is 10.2. The van der Waals surface area contributed by atoms with Gasteiger partial charge in [-0.3, -0.25) is 0 Å². The van der Waals surface area contributed by atoms with E-state index in [0.29, 0.717) is 24.7 Å². The van der Waals surface area contributed by atoms with Crippen LogP contribution in [-0.4, -0.2) is 35.7 Å². The molecule has 3 aromatic carbocycles. The van der Waals surface area contributed by atoms with Gasteiger partial charge in [-0.05, 0) is 51.1 Å². The maximum atomic E-state index is 9.65. The lowest BCUT2D eigenvalue weighted by molar-refractivity contribution is 0.281. The first-order valence-electron chi connectivity index (χ1n) is 14.3. The molecular formula is C33H36N6O2. The minimum Gasteiger partial charge on any atom is -0.472 e. The van der Waals surface area contributed by atoms with Crippen LogP contribution in [0.2, 0.25) is 0 Å². The molecule has 2 N–H and O–H groups in total. The molecule has 0 saturated heterocycles. The Labute approximate surface area is 240 Å². The van der Waals surface area contributed by atoms with Crippen LogP contribution in [-0.2, 0) is 32.5 Å². The van der Waals surface area contributed by atoms with E-state index in [-0.39, 0.29) is 6.61 Å². The number of tetrazole rings is 1. The molecule has 0 aliphatic rings. The van der Waals surface area contributed by atoms with Crippen LogP contribution < -0.4 is 4.74 Å². The monoisotopic (exact) mass is 548 g/mol. The van der Waals surface area contributed by atoms with Crippen LogP contribution >= 0.6 is 0 Å². The summed E-state index contributed by atoms with van der Waals surface area (Å²) in [7, 11) is 0. The van der Waals surface area contributed by atoms with Crippen LogP contribution in [0.25, 0.3) is 22.5 Å². The Morgan fingerprint density at radius 2 is 1.61 bits per heavy atom. The van der Waals surface area contributed by atoms with E-state index in [1.54, 1.807) is 0 Å². The number of unbranched alkanes of at least 4 members (excludes halogenated alkanes) is 1. The van der Waals surface area contributed by atoms with E-state index in [9.17, 15) is 5.11 Å². The summed E-state index contributed by atoms with van der Waals surface area (Å²) in [6.45, 7) is 4.76. The average Bonchev–Trinajstić information content (AvgIpc) is 3.56. The van der Waals surface area contributed by atoms with Crippen molar-refractivity contribution in [3.8, 4) is 28.4 Å². The van der Waals surface area contributed by atoms with Gasteiger partial charge in [0, 0.05) is 24.0 Å². The Morgan fingerprint density at radius 1 is 0.805 bits per heavy atom. The topological polar surface area (TPSA) is 110 Å². The van der Waals surface area contributed by atoms with E-state index in [1.807, 2.05) is 36.4 Å². The highest BCUT2D eigenvalue weighted by Gasteiger charge is 2.17. The van der Waals surface area contributed by atoms with Gasteiger partial charge >= 0.3 is 0 Å². The third-order valence-corrected chi connectivity index (χ3v) is 7.06. The van der Waals surface area contributed by atoms with Crippen LogP contribution in [0.1, 0.15) is 66.9 Å². The number of H-pyrrole nitrogens is 1. The zero-order valence-electron chi connectivity index (χ0n) is 23.7. The van der Waals surface area contributed by atoms with Crippen LogP contribution in [0.3, 0.4) is 0 Å². The number of ether oxygens (including phenoxy) is 1. The maximum absolute atomic E-state index is 9.65. The third kappa shape index (κ3) is 7.02. The Kier molecular flexibility index (Phi) is 9.44. The molecule has 41 heavy (non-hydrogen) atoms. The number of hydrogen-bond donors (Lipinski definition) is 2. The van der Waals surface area contributed by atoms with Crippen molar-refractivity contribution in [1.29, 1.82) is 0 Å². The SMILES string of the molecule is CCCCc1nc(CCC)c(Cc2cccc(CO)c2)c(OCc2ccc(-c3ccccc3-c3nnn[nH]3)cc2)n1. The average molecular weight is 549 g/mol. The molecule has 0 aliphatic heterocycles. The fraction of sp³-hybridized carbons (Fsp3) is 0.303. The highest BCUT2D eigenvalue weighted by Crippen LogP contribution is 2.30. The highest BCUT2D eigenvalue weighted by atomic mass is 16.5. The summed E-state index contributed by atoms with van der Waals surface area (Å²) in [6.07, 6.45) is 5.45. The van der Waals surface area contributed by atoms with E-state index >= 15 is 0 Å². The molecule has 0 bridgehead atoms. The fourth-order valence-electron chi connectivity index (χ4n) is 4.93. The second-order valence-corrected chi connectivity index (χ2v) is 10.2. The van der Waals surface area contributed by atoms with Gasteiger partial charge in [-0.2, -0.15) is 4.98 Å². The van der Waals surface area contributed by atoms with Crippen molar-refractivity contribution in [2.24, 2.45) is 0 Å². The number of aryl methyl sites for hydroxylation is 2. The van der Waals surface area contributed by atoms with Crippen LogP contribution in [0, 0.1) is 0 Å². The number of aromatic amines is 1. The van der Waals surface area contributed by atoms with Gasteiger partial charge in [-0.1, -0.05) is 99.5 Å². The molecule has 0 fully saturated rings. The molecule has 5 aromatic rings. The summed E-state index contributed by atoms with van der Waals surface area (Å²) in [6, 6.07) is 24.4. The van der Waals surface area contributed by atoms with E-state index < -0.39 is 0 Å². The van der Waals surface area contributed by atoms with Crippen LogP contribution in [0.4, 0.5) is 0 Å². The van der Waals surface area contributed by atoms with Crippen molar-refractivity contribution in [3.05, 3.63) is 107 Å². The number of hydrogen-bond acceptors (Lipinski definition) is 7. The first-order valence-corrected chi connectivity index (χ1v) is 14.3. The molecule has 5 rings (SSSR count). The van der Waals surface area contributed by atoms with E-state index in [0.717, 1.165) is 82.6 Å². The predicted molar refractivity (Wildman–Crippen MR) is 159 cm³/mol. The minimum absolute atomic E-state index is 0.0151. The molecule has 8 nitrogen and oxygen atoms in total. The normalized spacial score (nSPS) is 11.1. The molecule has 0 saturated carbocycles. The first kappa shape index (κ1) is 28.1. The van der Waals surface area contributed by atoms with Crippen molar-refractivity contribution in [2.75, 3.05) is 0 Å². The fourth-order valence-corrected chi connectivity index (χ4v) is 4.93. The molecule has 2 heterocycles. The molecule has 2 aromatic heterocycles. The zero-order valence-corrected chi connectivity index (χ0v) is 23.7. The van der Waals surface area contributed by atoms with Gasteiger partial charge < -0.3 is 9.84 Å². The van der Waals surface area contributed by atoms with Gasteiger partial charge in [0.25, 0.3) is 0 Å². The smallest absolute Gasteiger partial charge is 0.220 e. The Balaban J connectivity index is 1.41. The summed E-state index contributed by atoms with van der Waals surface area (Å²) in [5.74, 6) is 2.12. The molecule has 0 spiro atoms. The quantitative estimate of drug-likeness (QED) is 0.178. The standard InChI is InChI=1S/C33H36N6O2/c1-3-5-14-31-34-30(9-4-2)29(20-24-10-8-11-25(19-24)21-40)33(35-31)41-22-23-15-17-26(18-16-23)27-12-6-7-13-28(27)32-36-38-39-37-32/h6-8,10-13,15-19,40H,3-5,9,14,20-22H2,1-2H3,(H,36,37,38,39). The summed E-state index contributed by atoms with van der Waals surface area (Å²) < 4.78 is 6.46. The number of benzene rings is 3. The van der Waals surface area contributed by atoms with Gasteiger partial charge in [0.05, 0.1) is 12.3 Å². The number of rotatable bonds is 13. The van der Waals surface area contributed by atoms with Gasteiger partial charge in [0.15, 0.2) is 5.82 Å². The number of aliphatic hydroxyl groups is 1. The van der Waals surface area contributed by atoms with Gasteiger partial charge in [-0.25, -0.2) is 10.1 Å². The molecule has 0 radical (unpaired) electrons. The van der Waals surface area contributed by atoms with Crippen LogP contribution in [0.15, 0.2) is 72.8 Å². The lowest BCUT2D eigenvalue weighted by Crippen LogP contribution is -2.11. The van der Waals surface area contributed by atoms with Crippen molar-refractivity contribution < 1.29 is 9.84 Å². The molecule has 0 aliphatic carbocycles. The Hall–Kier alpha value is -4.43. The molecule has 0 amide bonds. The summed E-state index contributed by atoms with van der Waals surface area (Å²) in [5.41, 5.74) is 8.18. The zero-order chi connectivity index (χ0) is 28.4. The summed E-state index contributed by atoms with van der Waals surface area (Å²) in [4.78, 5) is 9.88. The van der Waals surface area contributed by atoms with E-state index in [2.05, 4.69) is 70.9 Å². The lowest BCUT2D eigenvalue weighted by Gasteiger charge is -2.17. The van der Waals surface area contributed by atoms with E-state index in [1.165, 1.54) is 0 Å². The Bertz CT molecular complexity index is 1550. The lowest BCUT2D eigenvalue weighted by atomic mass is 9.98. The largest absolute Gasteiger partial charge is 0.472 e. The van der Waals surface area contributed by atoms with Gasteiger partial charge in [0.1, 0.15) is 12.4 Å². The van der Waals surface area contributed by atoms with Gasteiger partial charge in [-0.15, -0.1) is 5.10 Å². The molecule has 0 atom stereocenters. The van der Waals surface area contributed by atoms with E-state index in [4.69, 9.17) is 14.7 Å². The number of nitrogens with zero attached hydrogens (tertiary/aromatic N) is 5. The Morgan fingerprint density at radius 3 is 2.34 bits per heavy atom. The molecular weight excluding hydrogens is 512 g/mol. The number of nitrogens with one attached hydrogen (secondary N) is 1. The third-order valence-electron chi connectivity index (χ3n) is 7.06. The summed E-state index contributed by atoms with van der Waals surface area (Å²) >= 11 is 0. The summed E-state index contributed by atoms with van der Waals surface area (Å²) in [5, 5.41) is 24.0. The van der Waals surface area contributed by atoms with Crippen molar-refractivity contribution in [2.45, 2.75) is 65.6 Å². The molecule has 0 unspecified atom stereocenters. The number of aromatic nitrogens is 6. The second kappa shape index (κ2) is 13.8. The maximum Gasteiger partial charge on any atom is 0.220 e. The first-order chi connectivity index (χ1) is 20.2.